The van der Waals surface area contributed by atoms with E-state index in [4.69, 9.17) is 21.1 Å². The van der Waals surface area contributed by atoms with Gasteiger partial charge in [-0.2, -0.15) is 5.26 Å². The number of hydrogen-bond acceptors (Lipinski definition) is 11. The fourth-order valence-corrected chi connectivity index (χ4v) is 6.03. The van der Waals surface area contributed by atoms with Crippen LogP contribution >= 0.6 is 34.7 Å². The summed E-state index contributed by atoms with van der Waals surface area (Å²) in [7, 11) is 0. The van der Waals surface area contributed by atoms with Crippen LogP contribution < -0.4 is 0 Å². The zero-order valence-corrected chi connectivity index (χ0v) is 21.6. The van der Waals surface area contributed by atoms with Gasteiger partial charge in [-0.1, -0.05) is 58.9 Å². The molecule has 13 heteroatoms. The Labute approximate surface area is 225 Å². The monoisotopic (exact) mass is 556 g/mol. The van der Waals surface area contributed by atoms with Gasteiger partial charge in [0, 0.05) is 22.7 Å². The molecule has 0 spiro atoms. The summed E-state index contributed by atoms with van der Waals surface area (Å²) < 4.78 is 14.0. The van der Waals surface area contributed by atoms with Crippen LogP contribution in [0, 0.1) is 11.3 Å². The van der Waals surface area contributed by atoms with Crippen molar-refractivity contribution in [2.75, 3.05) is 6.61 Å². The lowest BCUT2D eigenvalue weighted by molar-refractivity contribution is -0.196. The van der Waals surface area contributed by atoms with Crippen molar-refractivity contribution in [3.05, 3.63) is 76.6 Å². The molecule has 0 unspecified atom stereocenters. The molecular weight excluding hydrogens is 536 g/mol. The Balaban J connectivity index is 1.52. The van der Waals surface area contributed by atoms with Crippen LogP contribution in [0.15, 0.2) is 65.3 Å². The fourth-order valence-electron chi connectivity index (χ4n) is 3.99. The quantitative estimate of drug-likeness (QED) is 0.332. The number of aliphatic hydroxyl groups is 2. The van der Waals surface area contributed by atoms with Gasteiger partial charge in [-0.25, -0.2) is 14.6 Å². The van der Waals surface area contributed by atoms with Crippen molar-refractivity contribution < 1.29 is 19.7 Å². The second-order valence-electron chi connectivity index (χ2n) is 8.12. The summed E-state index contributed by atoms with van der Waals surface area (Å²) in [4.78, 5) is 8.87. The van der Waals surface area contributed by atoms with E-state index >= 15 is 0 Å². The topological polar surface area (TPSA) is 139 Å². The first kappa shape index (κ1) is 25.7. The van der Waals surface area contributed by atoms with Gasteiger partial charge in [-0.3, -0.25) is 0 Å². The Hall–Kier alpha value is -2.89. The number of nitriles is 1. The Bertz CT molecular complexity index is 1370. The van der Waals surface area contributed by atoms with E-state index in [1.807, 2.05) is 35.7 Å². The largest absolute Gasteiger partial charge is 0.394 e. The molecule has 1 fully saturated rings. The molecule has 0 bridgehead atoms. The Morgan fingerprint density at radius 3 is 2.84 bits per heavy atom. The van der Waals surface area contributed by atoms with E-state index in [1.54, 1.807) is 18.5 Å². The van der Waals surface area contributed by atoms with Gasteiger partial charge in [0.1, 0.15) is 46.6 Å². The maximum absolute atomic E-state index is 11.3. The van der Waals surface area contributed by atoms with E-state index in [-0.39, 0.29) is 12.3 Å². The number of rotatable bonds is 8. The fraction of sp³-hybridized carbons (Fsp3) is 0.292. The number of thioether (sulfide) groups is 1. The lowest BCUT2D eigenvalue weighted by Gasteiger charge is -2.43. The third-order valence-electron chi connectivity index (χ3n) is 5.75. The minimum absolute atomic E-state index is 0.176. The number of thiazole rings is 1. The highest BCUT2D eigenvalue weighted by Crippen LogP contribution is 2.41. The van der Waals surface area contributed by atoms with Crippen LogP contribution in [0.3, 0.4) is 0 Å². The number of aromatic nitrogens is 5. The van der Waals surface area contributed by atoms with Crippen LogP contribution in [0.4, 0.5) is 0 Å². The van der Waals surface area contributed by atoms with Gasteiger partial charge < -0.3 is 19.7 Å². The summed E-state index contributed by atoms with van der Waals surface area (Å²) in [6.45, 7) is -0.209. The Morgan fingerprint density at radius 1 is 1.27 bits per heavy atom. The van der Waals surface area contributed by atoms with Gasteiger partial charge in [-0.05, 0) is 11.6 Å². The van der Waals surface area contributed by atoms with Gasteiger partial charge in [0.2, 0.25) is 0 Å². The van der Waals surface area contributed by atoms with Crippen molar-refractivity contribution in [3.63, 3.8) is 0 Å². The molecule has 5 rings (SSSR count). The molecule has 1 aliphatic heterocycles. The summed E-state index contributed by atoms with van der Waals surface area (Å²) in [5.41, 5.74) is 0.892. The number of pyridine rings is 1. The van der Waals surface area contributed by atoms with E-state index in [0.29, 0.717) is 20.6 Å². The summed E-state index contributed by atoms with van der Waals surface area (Å²) in [5, 5.41) is 42.2. The summed E-state index contributed by atoms with van der Waals surface area (Å²) in [5.74, 6) is 0. The maximum atomic E-state index is 11.3. The second-order valence-corrected chi connectivity index (χ2v) is 10.6. The van der Waals surface area contributed by atoms with Crippen molar-refractivity contribution in [2.24, 2.45) is 0 Å². The lowest BCUT2D eigenvalue weighted by atomic mass is 9.97. The zero-order valence-electron chi connectivity index (χ0n) is 19.2. The van der Waals surface area contributed by atoms with E-state index in [2.05, 4.69) is 26.3 Å². The molecule has 37 heavy (non-hydrogen) atoms. The average Bonchev–Trinajstić information content (AvgIpc) is 3.62. The van der Waals surface area contributed by atoms with Crippen molar-refractivity contribution in [2.45, 2.75) is 41.3 Å². The average molecular weight is 557 g/mol. The molecule has 4 aromatic rings. The first-order valence-electron chi connectivity index (χ1n) is 11.2. The highest BCUT2D eigenvalue weighted by Gasteiger charge is 2.48. The molecule has 3 aromatic heterocycles. The second kappa shape index (κ2) is 11.7. The molecule has 4 heterocycles. The van der Waals surface area contributed by atoms with Crippen molar-refractivity contribution in [1.82, 2.24) is 25.0 Å². The lowest BCUT2D eigenvalue weighted by Crippen LogP contribution is -2.55. The van der Waals surface area contributed by atoms with E-state index in [9.17, 15) is 15.5 Å². The van der Waals surface area contributed by atoms with Crippen molar-refractivity contribution in [1.29, 1.82) is 5.26 Å². The van der Waals surface area contributed by atoms with Crippen LogP contribution in [-0.2, 0) is 16.1 Å². The predicted molar refractivity (Wildman–Crippen MR) is 137 cm³/mol. The third-order valence-corrected chi connectivity index (χ3v) is 7.92. The molecule has 0 amide bonds. The highest BCUT2D eigenvalue weighted by atomic mass is 35.5. The molecule has 0 saturated carbocycles. The number of hydrogen-bond donors (Lipinski definition) is 2. The summed E-state index contributed by atoms with van der Waals surface area (Å²) in [6.07, 6.45) is 1.89. The van der Waals surface area contributed by atoms with Crippen LogP contribution in [-0.4, -0.2) is 65.5 Å². The van der Waals surface area contributed by atoms with Crippen LogP contribution in [0.5, 0.6) is 0 Å². The first-order chi connectivity index (χ1) is 18.1. The standard InChI is InChI=1S/C24H21ClN6O4S2/c25-15-8-19(16(9-26)28-10-15)37-24-22(34-13-14-4-2-1-3-5-14)20(21(33)18(12-32)35-24)31-11-17(29-30-31)23-27-6-7-36-23/h1-8,10-11,18,20-22,24,32-33H,12-13H2/t18-,20+,21+,22-,24-/m1/s1. The van der Waals surface area contributed by atoms with Crippen LogP contribution in [0.25, 0.3) is 10.7 Å². The molecule has 0 radical (unpaired) electrons. The molecule has 5 atom stereocenters. The number of nitrogens with zero attached hydrogens (tertiary/aromatic N) is 6. The molecule has 0 aliphatic carbocycles. The predicted octanol–water partition coefficient (Wildman–Crippen LogP) is 3.32. The van der Waals surface area contributed by atoms with Gasteiger partial charge in [-0.15, -0.1) is 16.4 Å². The molecule has 1 aliphatic rings. The number of ether oxygens (including phenoxy) is 2. The Kier molecular flexibility index (Phi) is 8.11. The van der Waals surface area contributed by atoms with E-state index < -0.39 is 36.4 Å². The van der Waals surface area contributed by atoms with Gasteiger partial charge >= 0.3 is 0 Å². The minimum Gasteiger partial charge on any atom is -0.394 e. The number of benzene rings is 1. The van der Waals surface area contributed by atoms with Gasteiger partial charge in [0.05, 0.1) is 24.4 Å². The molecule has 1 saturated heterocycles. The van der Waals surface area contributed by atoms with Crippen LogP contribution in [0.2, 0.25) is 5.02 Å². The van der Waals surface area contributed by atoms with Gasteiger partial charge in [0.25, 0.3) is 0 Å². The zero-order chi connectivity index (χ0) is 25.8. The van der Waals surface area contributed by atoms with E-state index in [1.165, 1.54) is 34.0 Å². The number of halogens is 1. The van der Waals surface area contributed by atoms with Gasteiger partial charge in [0.15, 0.2) is 5.69 Å². The normalized spacial score (nSPS) is 23.6. The number of aliphatic hydroxyl groups excluding tert-OH is 2. The van der Waals surface area contributed by atoms with Crippen LogP contribution in [0.1, 0.15) is 17.3 Å². The Morgan fingerprint density at radius 2 is 2.11 bits per heavy atom. The van der Waals surface area contributed by atoms with Crippen molar-refractivity contribution >= 4 is 34.7 Å². The van der Waals surface area contributed by atoms with E-state index in [0.717, 1.165) is 5.56 Å². The minimum atomic E-state index is -1.17. The molecule has 1 aromatic carbocycles. The maximum Gasteiger partial charge on any atom is 0.154 e. The molecule has 190 valence electrons. The SMILES string of the molecule is N#Cc1ncc(Cl)cc1S[C@H]1O[C@H](CO)[C@H](O)[C@H](n2cc(-c3nccs3)nn2)[C@H]1OCc1ccccc1. The first-order valence-corrected chi connectivity index (χ1v) is 13.3. The molecular formula is C24H21ClN6O4S2. The summed E-state index contributed by atoms with van der Waals surface area (Å²) >= 11 is 8.76. The molecule has 10 nitrogen and oxygen atoms in total. The third kappa shape index (κ3) is 5.68. The molecule has 2 N–H and O–H groups in total. The summed E-state index contributed by atoms with van der Waals surface area (Å²) in [6, 6.07) is 12.5. The smallest absolute Gasteiger partial charge is 0.154 e. The van der Waals surface area contributed by atoms with Crippen molar-refractivity contribution in [3.8, 4) is 16.8 Å². The highest BCUT2D eigenvalue weighted by molar-refractivity contribution is 7.99.